The summed E-state index contributed by atoms with van der Waals surface area (Å²) >= 11 is 0. The highest BCUT2D eigenvalue weighted by molar-refractivity contribution is 5.93. The number of nitrogen functional groups attached to an aromatic ring is 2. The molecule has 0 aliphatic rings. The van der Waals surface area contributed by atoms with Crippen molar-refractivity contribution in [1.29, 1.82) is 5.41 Å². The lowest BCUT2D eigenvalue weighted by Crippen LogP contribution is -2.10. The molecule has 13 heavy (non-hydrogen) atoms. The molecule has 1 aromatic carbocycles. The summed E-state index contributed by atoms with van der Waals surface area (Å²) in [6.07, 6.45) is 0. The number of nitrogens with zero attached hydrogens (tertiary/aromatic N) is 1. The Morgan fingerprint density at radius 1 is 1.31 bits per heavy atom. The highest BCUT2D eigenvalue weighted by Gasteiger charge is 2.11. The van der Waals surface area contributed by atoms with Gasteiger partial charge in [-0.25, -0.2) is 5.41 Å². The second-order valence-electron chi connectivity index (χ2n) is 2.64. The Morgan fingerprint density at radius 3 is 2.54 bits per heavy atom. The second kappa shape index (κ2) is 2.19. The third kappa shape index (κ3) is 0.851. The molecule has 0 unspecified atom stereocenters. The lowest BCUT2D eigenvalue weighted by molar-refractivity contribution is 0.165. The van der Waals surface area contributed by atoms with Gasteiger partial charge in [-0.3, -0.25) is 0 Å². The maximum Gasteiger partial charge on any atom is 0.328 e. The number of benzene rings is 1. The van der Waals surface area contributed by atoms with Crippen LogP contribution in [0, 0.1) is 5.41 Å². The van der Waals surface area contributed by atoms with Crippen LogP contribution in [-0.2, 0) is 0 Å². The van der Waals surface area contributed by atoms with Gasteiger partial charge in [-0.2, -0.15) is 0 Å². The van der Waals surface area contributed by atoms with Crippen LogP contribution in [0.25, 0.3) is 11.1 Å². The van der Waals surface area contributed by atoms with E-state index >= 15 is 0 Å². The highest BCUT2D eigenvalue weighted by Crippen LogP contribution is 2.24. The monoisotopic (exact) mass is 180 g/mol. The summed E-state index contributed by atoms with van der Waals surface area (Å²) in [6, 6.07) is 3.10. The fraction of sp³-hybridized carbons (Fsp3) is 0. The molecule has 0 radical (unpaired) electrons. The van der Waals surface area contributed by atoms with E-state index in [1.54, 1.807) is 12.1 Å². The fourth-order valence-corrected chi connectivity index (χ4v) is 1.17. The molecule has 1 heterocycles. The molecule has 0 aliphatic heterocycles. The van der Waals surface area contributed by atoms with E-state index in [1.165, 1.54) is 0 Å². The van der Waals surface area contributed by atoms with Crippen molar-refractivity contribution in [1.82, 2.24) is 4.73 Å². The number of anilines is 2. The van der Waals surface area contributed by atoms with Gasteiger partial charge in [0.05, 0.1) is 11.4 Å². The normalized spacial score (nSPS) is 10.8. The molecular formula is C7H8N4O2. The number of oxazole rings is 1. The zero-order chi connectivity index (χ0) is 9.59. The predicted molar refractivity (Wildman–Crippen MR) is 46.1 cm³/mol. The van der Waals surface area contributed by atoms with E-state index in [0.717, 1.165) is 0 Å². The number of aromatic nitrogens is 1. The Morgan fingerprint density at radius 2 is 1.92 bits per heavy atom. The third-order valence-electron chi connectivity index (χ3n) is 1.80. The highest BCUT2D eigenvalue weighted by atomic mass is 16.5. The number of fused-ring (bicyclic) bond motifs is 1. The molecule has 0 bridgehead atoms. The zero-order valence-corrected chi connectivity index (χ0v) is 6.61. The molecular weight excluding hydrogens is 172 g/mol. The van der Waals surface area contributed by atoms with Crippen molar-refractivity contribution in [3.05, 3.63) is 17.8 Å². The summed E-state index contributed by atoms with van der Waals surface area (Å²) in [6.45, 7) is 0. The van der Waals surface area contributed by atoms with Crippen molar-refractivity contribution < 1.29 is 9.62 Å². The first-order chi connectivity index (χ1) is 6.11. The molecule has 2 rings (SSSR count). The maximum absolute atomic E-state index is 9.30. The minimum atomic E-state index is -0.403. The first-order valence-corrected chi connectivity index (χ1v) is 3.54. The summed E-state index contributed by atoms with van der Waals surface area (Å²) in [5.74, 6) is 0. The Labute approximate surface area is 72.5 Å². The van der Waals surface area contributed by atoms with E-state index in [0.29, 0.717) is 16.1 Å². The Hall–Kier alpha value is -2.11. The lowest BCUT2D eigenvalue weighted by atomic mass is 10.2. The van der Waals surface area contributed by atoms with Crippen molar-refractivity contribution in [3.63, 3.8) is 0 Å². The molecule has 0 spiro atoms. The van der Waals surface area contributed by atoms with Gasteiger partial charge in [0.25, 0.3) is 0 Å². The van der Waals surface area contributed by atoms with Crippen LogP contribution in [0.2, 0.25) is 0 Å². The first-order valence-electron chi connectivity index (χ1n) is 3.54. The number of rotatable bonds is 0. The predicted octanol–water partition coefficient (Wildman–Crippen LogP) is 0.115. The molecule has 0 amide bonds. The minimum Gasteiger partial charge on any atom is -0.423 e. The smallest absolute Gasteiger partial charge is 0.328 e. The average Bonchev–Trinajstić information content (AvgIpc) is 2.38. The van der Waals surface area contributed by atoms with Crippen LogP contribution in [0.15, 0.2) is 16.5 Å². The van der Waals surface area contributed by atoms with E-state index in [4.69, 9.17) is 21.3 Å². The van der Waals surface area contributed by atoms with Crippen LogP contribution >= 0.6 is 0 Å². The third-order valence-corrected chi connectivity index (χ3v) is 1.80. The lowest BCUT2D eigenvalue weighted by Gasteiger charge is -1.97. The molecule has 0 atom stereocenters. The van der Waals surface area contributed by atoms with E-state index < -0.39 is 5.68 Å². The molecule has 68 valence electrons. The summed E-state index contributed by atoms with van der Waals surface area (Å²) in [7, 11) is 0. The van der Waals surface area contributed by atoms with E-state index in [-0.39, 0.29) is 11.1 Å². The summed E-state index contributed by atoms with van der Waals surface area (Å²) < 4.78 is 5.44. The Bertz CT molecular complexity index is 525. The Balaban J connectivity index is 3.09. The quantitative estimate of drug-likeness (QED) is 0.340. The van der Waals surface area contributed by atoms with Gasteiger partial charge in [0, 0.05) is 0 Å². The van der Waals surface area contributed by atoms with Crippen molar-refractivity contribution in [2.75, 3.05) is 11.5 Å². The van der Waals surface area contributed by atoms with Gasteiger partial charge in [-0.05, 0) is 12.1 Å². The van der Waals surface area contributed by atoms with Crippen LogP contribution in [0.1, 0.15) is 0 Å². The molecule has 6 nitrogen and oxygen atoms in total. The van der Waals surface area contributed by atoms with Crippen LogP contribution < -0.4 is 17.2 Å². The molecule has 6 N–H and O–H groups in total. The molecule has 0 saturated heterocycles. The van der Waals surface area contributed by atoms with Gasteiger partial charge in [0.1, 0.15) is 0 Å². The average molecular weight is 180 g/mol. The number of hydrogen-bond acceptors (Lipinski definition) is 5. The van der Waals surface area contributed by atoms with Gasteiger partial charge in [0.15, 0.2) is 11.1 Å². The van der Waals surface area contributed by atoms with E-state index in [1.807, 2.05) is 0 Å². The van der Waals surface area contributed by atoms with Crippen LogP contribution in [0.5, 0.6) is 0 Å². The topological polar surface area (TPSA) is 114 Å². The molecule has 6 heteroatoms. The summed E-state index contributed by atoms with van der Waals surface area (Å²) in [5, 5.41) is 16.5. The molecule has 1 aromatic heterocycles. The van der Waals surface area contributed by atoms with Crippen molar-refractivity contribution in [2.24, 2.45) is 0 Å². The Kier molecular flexibility index (Phi) is 1.27. The minimum absolute atomic E-state index is 0.227. The van der Waals surface area contributed by atoms with E-state index in [2.05, 4.69) is 0 Å². The SMILES string of the molecule is N=c1oc2c(N)ccc(N)c2n1O. The molecule has 0 saturated carbocycles. The molecule has 0 fully saturated rings. The second-order valence-corrected chi connectivity index (χ2v) is 2.64. The summed E-state index contributed by atoms with van der Waals surface area (Å²) in [5.41, 5.74) is 11.8. The molecule has 2 aromatic rings. The standard InChI is InChI=1S/C7H8N4O2/c8-3-1-2-4(9)6-5(3)11(12)7(10)13-6/h1-2,10,12H,8-9H2. The van der Waals surface area contributed by atoms with Gasteiger partial charge in [0.2, 0.25) is 0 Å². The van der Waals surface area contributed by atoms with E-state index in [9.17, 15) is 5.21 Å². The van der Waals surface area contributed by atoms with Gasteiger partial charge in [-0.15, -0.1) is 4.73 Å². The first kappa shape index (κ1) is 7.53. The van der Waals surface area contributed by atoms with Crippen molar-refractivity contribution >= 4 is 22.5 Å². The van der Waals surface area contributed by atoms with Crippen molar-refractivity contribution in [3.8, 4) is 0 Å². The molecule has 0 aliphatic carbocycles. The zero-order valence-electron chi connectivity index (χ0n) is 6.61. The van der Waals surface area contributed by atoms with Gasteiger partial charge < -0.3 is 21.1 Å². The van der Waals surface area contributed by atoms with Gasteiger partial charge in [-0.1, -0.05) is 0 Å². The number of nitrogens with two attached hydrogens (primary N) is 2. The largest absolute Gasteiger partial charge is 0.423 e. The van der Waals surface area contributed by atoms with Crippen LogP contribution in [-0.4, -0.2) is 9.94 Å². The fourth-order valence-electron chi connectivity index (χ4n) is 1.17. The summed E-state index contributed by atoms with van der Waals surface area (Å²) in [4.78, 5) is 0. The van der Waals surface area contributed by atoms with Crippen molar-refractivity contribution in [2.45, 2.75) is 0 Å². The van der Waals surface area contributed by atoms with Gasteiger partial charge >= 0.3 is 5.68 Å². The maximum atomic E-state index is 9.30. The van der Waals surface area contributed by atoms with Crippen LogP contribution in [0.4, 0.5) is 11.4 Å². The number of hydrogen-bond donors (Lipinski definition) is 4. The van der Waals surface area contributed by atoms with Crippen LogP contribution in [0.3, 0.4) is 0 Å². The number of nitrogens with one attached hydrogen (secondary N) is 1.